The van der Waals surface area contributed by atoms with E-state index in [1.807, 2.05) is 0 Å². The zero-order chi connectivity index (χ0) is 19.5. The highest BCUT2D eigenvalue weighted by Gasteiger charge is 2.36. The number of fused-ring (bicyclic) bond motifs is 3. The molecule has 156 valence electrons. The average Bonchev–Trinajstić information content (AvgIpc) is 2.95. The molecule has 1 saturated heterocycles. The van der Waals surface area contributed by atoms with Crippen LogP contribution in [-0.4, -0.2) is 17.5 Å². The molecule has 1 nitrogen and oxygen atoms in total. The van der Waals surface area contributed by atoms with Crippen molar-refractivity contribution in [3.8, 4) is 0 Å². The predicted molar refractivity (Wildman–Crippen MR) is 128 cm³/mol. The minimum absolute atomic E-state index is 0. The number of hydrogen-bond donors (Lipinski definition) is 0. The molecule has 1 heterocycles. The molecule has 0 bridgehead atoms. The summed E-state index contributed by atoms with van der Waals surface area (Å²) in [5.41, 5.74) is 6.13. The van der Waals surface area contributed by atoms with Gasteiger partial charge in [0.25, 0.3) is 0 Å². The lowest BCUT2D eigenvalue weighted by atomic mass is 9.73. The Morgan fingerprint density at radius 2 is 1.37 bits per heavy atom. The van der Waals surface area contributed by atoms with E-state index in [0.717, 1.165) is 18.9 Å². The summed E-state index contributed by atoms with van der Waals surface area (Å²) in [4.78, 5) is 2.80. The Labute approximate surface area is 187 Å². The Morgan fingerprint density at radius 1 is 0.700 bits per heavy atom. The zero-order valence-electron chi connectivity index (χ0n) is 17.6. The van der Waals surface area contributed by atoms with E-state index in [1.165, 1.54) is 43.4 Å². The van der Waals surface area contributed by atoms with Crippen LogP contribution in [0.5, 0.6) is 0 Å². The van der Waals surface area contributed by atoms with Gasteiger partial charge in [0.15, 0.2) is 0 Å². The molecule has 1 aliphatic heterocycles. The van der Waals surface area contributed by atoms with Gasteiger partial charge in [-0.3, -0.25) is 4.90 Å². The molecule has 0 radical (unpaired) electrons. The van der Waals surface area contributed by atoms with Gasteiger partial charge < -0.3 is 0 Å². The smallest absolute Gasteiger partial charge is 0.0237 e. The van der Waals surface area contributed by atoms with E-state index in [-0.39, 0.29) is 12.4 Å². The Kier molecular flexibility index (Phi) is 6.92. The minimum atomic E-state index is 0. The van der Waals surface area contributed by atoms with Crippen LogP contribution >= 0.6 is 12.4 Å². The van der Waals surface area contributed by atoms with Crippen molar-refractivity contribution in [1.29, 1.82) is 0 Å². The highest BCUT2D eigenvalue weighted by molar-refractivity contribution is 5.85. The lowest BCUT2D eigenvalue weighted by Gasteiger charge is -2.36. The fraction of sp³-hybridized carbons (Fsp3) is 0.357. The molecule has 1 fully saturated rings. The topological polar surface area (TPSA) is 3.24 Å². The van der Waals surface area contributed by atoms with Crippen molar-refractivity contribution in [3.05, 3.63) is 107 Å². The average molecular weight is 418 g/mol. The first kappa shape index (κ1) is 21.2. The summed E-state index contributed by atoms with van der Waals surface area (Å²) >= 11 is 0. The molecule has 0 amide bonds. The highest BCUT2D eigenvalue weighted by Crippen LogP contribution is 2.42. The third-order valence-electron chi connectivity index (χ3n) is 7.17. The van der Waals surface area contributed by atoms with E-state index in [9.17, 15) is 0 Å². The fourth-order valence-electron chi connectivity index (χ4n) is 5.63. The summed E-state index contributed by atoms with van der Waals surface area (Å²) in [6.45, 7) is 2.25. The molecule has 0 aromatic heterocycles. The second-order valence-corrected chi connectivity index (χ2v) is 8.94. The Bertz CT molecular complexity index is 924. The van der Waals surface area contributed by atoms with Gasteiger partial charge in [-0.25, -0.2) is 0 Å². The van der Waals surface area contributed by atoms with Crippen molar-refractivity contribution in [2.24, 2.45) is 5.92 Å². The molecule has 3 aromatic carbocycles. The van der Waals surface area contributed by atoms with Crippen LogP contribution in [0, 0.1) is 5.92 Å². The summed E-state index contributed by atoms with van der Waals surface area (Å²) in [6, 6.07) is 32.0. The largest absolute Gasteiger partial charge is 0.295 e. The van der Waals surface area contributed by atoms with E-state index in [4.69, 9.17) is 0 Å². The van der Waals surface area contributed by atoms with E-state index in [2.05, 4.69) is 89.8 Å². The number of likely N-dealkylation sites (tertiary alicyclic amines) is 1. The second-order valence-electron chi connectivity index (χ2n) is 8.94. The molecule has 2 aliphatic rings. The van der Waals surface area contributed by atoms with Gasteiger partial charge in [0.1, 0.15) is 0 Å². The van der Waals surface area contributed by atoms with Crippen molar-refractivity contribution in [1.82, 2.24) is 4.90 Å². The van der Waals surface area contributed by atoms with Crippen molar-refractivity contribution in [2.75, 3.05) is 6.54 Å². The van der Waals surface area contributed by atoms with Crippen LogP contribution < -0.4 is 0 Å². The Morgan fingerprint density at radius 3 is 2.13 bits per heavy atom. The van der Waals surface area contributed by atoms with Crippen LogP contribution in [0.3, 0.4) is 0 Å². The van der Waals surface area contributed by atoms with Crippen LogP contribution in [0.1, 0.15) is 47.4 Å². The lowest BCUT2D eigenvalue weighted by molar-refractivity contribution is 0.178. The van der Waals surface area contributed by atoms with Gasteiger partial charge in [-0.15, -0.1) is 12.4 Å². The molecule has 0 N–H and O–H groups in total. The summed E-state index contributed by atoms with van der Waals surface area (Å²) in [5.74, 6) is 1.52. The normalized spacial score (nSPS) is 23.5. The number of hydrogen-bond acceptors (Lipinski definition) is 1. The molecular weight excluding hydrogens is 386 g/mol. The quantitative estimate of drug-likeness (QED) is 0.458. The van der Waals surface area contributed by atoms with Gasteiger partial charge in [-0.05, 0) is 66.2 Å². The molecule has 2 heteroatoms. The molecule has 3 atom stereocenters. The van der Waals surface area contributed by atoms with Gasteiger partial charge in [0.2, 0.25) is 0 Å². The number of halogens is 1. The van der Waals surface area contributed by atoms with Gasteiger partial charge in [0, 0.05) is 19.1 Å². The third kappa shape index (κ3) is 4.63. The van der Waals surface area contributed by atoms with Crippen molar-refractivity contribution in [2.45, 2.75) is 50.6 Å². The summed E-state index contributed by atoms with van der Waals surface area (Å²) < 4.78 is 0. The van der Waals surface area contributed by atoms with Crippen LogP contribution in [0.25, 0.3) is 0 Å². The lowest BCUT2D eigenvalue weighted by Crippen LogP contribution is -2.38. The third-order valence-corrected chi connectivity index (χ3v) is 7.17. The molecular formula is C28H32ClN. The first-order chi connectivity index (χ1) is 14.4. The molecule has 3 aromatic rings. The maximum Gasteiger partial charge on any atom is 0.0237 e. The van der Waals surface area contributed by atoms with E-state index < -0.39 is 0 Å². The summed E-state index contributed by atoms with van der Waals surface area (Å²) in [6.07, 6.45) is 6.46. The van der Waals surface area contributed by atoms with Gasteiger partial charge in [-0.1, -0.05) is 84.9 Å². The maximum absolute atomic E-state index is 2.80. The van der Waals surface area contributed by atoms with Crippen LogP contribution in [-0.2, 0) is 19.4 Å². The molecule has 5 rings (SSSR count). The molecule has 1 aliphatic carbocycles. The number of aryl methyl sites for hydroxylation is 1. The maximum atomic E-state index is 2.80. The first-order valence-corrected chi connectivity index (χ1v) is 11.3. The van der Waals surface area contributed by atoms with E-state index in [1.54, 1.807) is 11.1 Å². The van der Waals surface area contributed by atoms with Crippen LogP contribution in [0.15, 0.2) is 84.9 Å². The number of nitrogens with zero attached hydrogens (tertiary/aromatic N) is 1. The summed E-state index contributed by atoms with van der Waals surface area (Å²) in [7, 11) is 0. The molecule has 30 heavy (non-hydrogen) atoms. The zero-order valence-corrected chi connectivity index (χ0v) is 18.4. The van der Waals surface area contributed by atoms with E-state index >= 15 is 0 Å². The fourth-order valence-corrected chi connectivity index (χ4v) is 5.63. The van der Waals surface area contributed by atoms with Gasteiger partial charge in [0.05, 0.1) is 0 Å². The molecule has 0 spiro atoms. The van der Waals surface area contributed by atoms with Crippen LogP contribution in [0.4, 0.5) is 0 Å². The van der Waals surface area contributed by atoms with Gasteiger partial charge >= 0.3 is 0 Å². The minimum Gasteiger partial charge on any atom is -0.295 e. The number of rotatable bonds is 4. The van der Waals surface area contributed by atoms with E-state index in [0.29, 0.717) is 12.0 Å². The van der Waals surface area contributed by atoms with Crippen LogP contribution in [0.2, 0.25) is 0 Å². The highest BCUT2D eigenvalue weighted by atomic mass is 35.5. The SMILES string of the molecule is Cl.c1ccc(CC2CC[C@H]3CCc4ccccc4[C@H]3CN2Cc2ccccc2)cc1. The monoisotopic (exact) mass is 417 g/mol. The summed E-state index contributed by atoms with van der Waals surface area (Å²) in [5, 5.41) is 0. The standard InChI is InChI=1S/C28H31N.ClH/c1-3-9-22(10-4-1)19-26-18-17-25-16-15-24-13-7-8-14-27(24)28(25)21-29(26)20-23-11-5-2-6-12-23;/h1-14,25-26,28H,15-21H2;1H/t25-,26?,28+;/m1./s1. The Hall–Kier alpha value is -2.09. The first-order valence-electron chi connectivity index (χ1n) is 11.3. The molecule has 0 saturated carbocycles. The molecule has 1 unspecified atom stereocenters. The van der Waals surface area contributed by atoms with Gasteiger partial charge in [-0.2, -0.15) is 0 Å². The predicted octanol–water partition coefficient (Wildman–Crippen LogP) is 6.66. The van der Waals surface area contributed by atoms with Crippen molar-refractivity contribution >= 4 is 12.4 Å². The Balaban J connectivity index is 0.00000218. The number of benzene rings is 3. The van der Waals surface area contributed by atoms with Crippen molar-refractivity contribution in [3.63, 3.8) is 0 Å². The van der Waals surface area contributed by atoms with Crippen molar-refractivity contribution < 1.29 is 0 Å². The second kappa shape index (κ2) is 9.81.